The van der Waals surface area contributed by atoms with Crippen LogP contribution in [0.15, 0.2) is 66.3 Å². The molecule has 10 nitrogen and oxygen atoms in total. The number of thiophene rings is 1. The van der Waals surface area contributed by atoms with E-state index in [9.17, 15) is 23.2 Å². The number of nitrogens with one attached hydrogen (secondary N) is 3. The summed E-state index contributed by atoms with van der Waals surface area (Å²) in [6.45, 7) is -3.56. The van der Waals surface area contributed by atoms with E-state index in [0.29, 0.717) is 16.5 Å². The highest BCUT2D eigenvalue weighted by Gasteiger charge is 2.41. The summed E-state index contributed by atoms with van der Waals surface area (Å²) in [5, 5.41) is 8.67. The molecule has 5 rings (SSSR count). The number of ether oxygens (including phenoxy) is 2. The molecule has 0 bridgehead atoms. The summed E-state index contributed by atoms with van der Waals surface area (Å²) >= 11 is 1.40. The van der Waals surface area contributed by atoms with Gasteiger partial charge in [-0.15, -0.1) is 11.3 Å². The number of rotatable bonds is 10. The normalized spacial score (nSPS) is 16.8. The maximum Gasteiger partial charge on any atom is 0.345 e. The first-order chi connectivity index (χ1) is 19.4. The van der Waals surface area contributed by atoms with Crippen molar-refractivity contribution >= 4 is 40.0 Å². The van der Waals surface area contributed by atoms with E-state index in [2.05, 4.69) is 25.3 Å². The Morgan fingerprint density at radius 1 is 1.15 bits per heavy atom. The maximum absolute atomic E-state index is 13.0. The number of amides is 3. The van der Waals surface area contributed by atoms with Crippen molar-refractivity contribution in [3.05, 3.63) is 77.6 Å². The molecule has 0 unspecified atom stereocenters. The van der Waals surface area contributed by atoms with Gasteiger partial charge < -0.3 is 30.0 Å². The monoisotopic (exact) mass is 569 g/mol. The van der Waals surface area contributed by atoms with E-state index in [1.54, 1.807) is 42.7 Å². The van der Waals surface area contributed by atoms with Gasteiger partial charge in [-0.2, -0.15) is 8.78 Å². The summed E-state index contributed by atoms with van der Waals surface area (Å²) in [4.78, 5) is 47.2. The fourth-order valence-corrected chi connectivity index (χ4v) is 5.08. The molecule has 1 fully saturated rings. The molecule has 0 aliphatic carbocycles. The van der Waals surface area contributed by atoms with Crippen molar-refractivity contribution < 1.29 is 32.6 Å². The molecule has 13 heteroatoms. The SMILES string of the molecule is O=C(NCC(=O)N1C[C@H](OC(F)F)C[C@H]1C(=O)NCc1cc2cnccc2[nH]1)c1cccc(Oc2cccs2)c1. The van der Waals surface area contributed by atoms with Crippen LogP contribution in [0.5, 0.6) is 10.8 Å². The number of aromatic amines is 1. The number of carbonyl (C=O) groups excluding carboxylic acids is 3. The van der Waals surface area contributed by atoms with E-state index >= 15 is 0 Å². The molecule has 3 N–H and O–H groups in total. The van der Waals surface area contributed by atoms with Gasteiger partial charge in [0.05, 0.1) is 19.2 Å². The van der Waals surface area contributed by atoms with Crippen LogP contribution in [0.25, 0.3) is 10.9 Å². The van der Waals surface area contributed by atoms with Gasteiger partial charge in [-0.25, -0.2) is 0 Å². The third-order valence-corrected chi connectivity index (χ3v) is 7.07. The van der Waals surface area contributed by atoms with Crippen molar-refractivity contribution in [2.24, 2.45) is 0 Å². The number of hydrogen-bond donors (Lipinski definition) is 3. The van der Waals surface area contributed by atoms with E-state index in [4.69, 9.17) is 4.74 Å². The fourth-order valence-electron chi connectivity index (χ4n) is 4.49. The molecule has 4 aromatic rings. The predicted octanol–water partition coefficient (Wildman–Crippen LogP) is 3.67. The van der Waals surface area contributed by atoms with E-state index in [0.717, 1.165) is 15.8 Å². The topological polar surface area (TPSA) is 126 Å². The number of fused-ring (bicyclic) bond motifs is 1. The number of likely N-dealkylation sites (tertiary alicyclic amines) is 1. The van der Waals surface area contributed by atoms with E-state index in [1.807, 2.05) is 17.5 Å². The second-order valence-electron chi connectivity index (χ2n) is 9.04. The Balaban J connectivity index is 1.20. The number of carbonyl (C=O) groups is 3. The summed E-state index contributed by atoms with van der Waals surface area (Å²) in [7, 11) is 0. The standard InChI is InChI=1S/C27H25F2N5O5S/c28-27(29)39-20-11-22(26(37)31-13-18-9-17-12-30-7-6-21(17)33-18)34(15-20)23(35)14-32-25(36)16-3-1-4-19(10-16)38-24-5-2-8-40-24/h1-10,12,20,22,27,33H,11,13-15H2,(H,31,37)(H,32,36)/t20-,22+/m1/s1. The third-order valence-electron chi connectivity index (χ3n) is 6.32. The Morgan fingerprint density at radius 2 is 2.02 bits per heavy atom. The number of aromatic nitrogens is 2. The van der Waals surface area contributed by atoms with Gasteiger partial charge in [-0.05, 0) is 47.8 Å². The van der Waals surface area contributed by atoms with Crippen molar-refractivity contribution in [1.82, 2.24) is 25.5 Å². The molecule has 0 saturated carbocycles. The van der Waals surface area contributed by atoms with Gasteiger partial charge in [-0.1, -0.05) is 6.07 Å². The molecular formula is C27H25F2N5O5S. The molecule has 1 saturated heterocycles. The number of hydrogen-bond acceptors (Lipinski definition) is 7. The molecule has 2 atom stereocenters. The Hall–Kier alpha value is -4.36. The lowest BCUT2D eigenvalue weighted by Gasteiger charge is -2.24. The van der Waals surface area contributed by atoms with Gasteiger partial charge in [-0.3, -0.25) is 19.4 Å². The van der Waals surface area contributed by atoms with Gasteiger partial charge >= 0.3 is 6.61 Å². The Morgan fingerprint density at radius 3 is 2.80 bits per heavy atom. The minimum atomic E-state index is -3.05. The third kappa shape index (κ3) is 6.61. The predicted molar refractivity (Wildman–Crippen MR) is 142 cm³/mol. The Labute approximate surface area is 231 Å². The van der Waals surface area contributed by atoms with E-state index in [-0.39, 0.29) is 25.1 Å². The zero-order chi connectivity index (χ0) is 28.1. The second-order valence-corrected chi connectivity index (χ2v) is 9.95. The van der Waals surface area contributed by atoms with Gasteiger partial charge in [0, 0.05) is 47.5 Å². The highest BCUT2D eigenvalue weighted by Crippen LogP contribution is 2.27. The van der Waals surface area contributed by atoms with Crippen LogP contribution in [0.1, 0.15) is 22.5 Å². The number of pyridine rings is 1. The first-order valence-corrected chi connectivity index (χ1v) is 13.3. The van der Waals surface area contributed by atoms with Crippen LogP contribution in [0.3, 0.4) is 0 Å². The highest BCUT2D eigenvalue weighted by atomic mass is 32.1. The lowest BCUT2D eigenvalue weighted by Crippen LogP contribution is -2.49. The minimum Gasteiger partial charge on any atom is -0.447 e. The van der Waals surface area contributed by atoms with Crippen molar-refractivity contribution in [2.75, 3.05) is 13.1 Å². The first-order valence-electron chi connectivity index (χ1n) is 12.4. The highest BCUT2D eigenvalue weighted by molar-refractivity contribution is 7.11. The molecule has 208 valence electrons. The summed E-state index contributed by atoms with van der Waals surface area (Å²) in [6, 6.07) is 12.7. The lowest BCUT2D eigenvalue weighted by molar-refractivity contribution is -0.160. The fraction of sp³-hybridized carbons (Fsp3) is 0.259. The van der Waals surface area contributed by atoms with E-state index in [1.165, 1.54) is 17.4 Å². The maximum atomic E-state index is 13.0. The summed E-state index contributed by atoms with van der Waals surface area (Å²) < 4.78 is 36.1. The van der Waals surface area contributed by atoms with Crippen molar-refractivity contribution in [2.45, 2.75) is 31.7 Å². The quantitative estimate of drug-likeness (QED) is 0.268. The zero-order valence-electron chi connectivity index (χ0n) is 21.0. The van der Waals surface area contributed by atoms with Gasteiger partial charge in [0.2, 0.25) is 11.8 Å². The van der Waals surface area contributed by atoms with Gasteiger partial charge in [0.25, 0.3) is 5.91 Å². The molecular weight excluding hydrogens is 544 g/mol. The first kappa shape index (κ1) is 27.2. The Bertz CT molecular complexity index is 1460. The summed E-state index contributed by atoms with van der Waals surface area (Å²) in [5.74, 6) is -1.19. The molecule has 3 amide bonds. The van der Waals surface area contributed by atoms with Crippen LogP contribution < -0.4 is 15.4 Å². The number of alkyl halides is 2. The van der Waals surface area contributed by atoms with Crippen molar-refractivity contribution in [3.8, 4) is 10.8 Å². The Kier molecular flexibility index (Phi) is 8.31. The van der Waals surface area contributed by atoms with Crippen LogP contribution in [0, 0.1) is 0 Å². The number of nitrogens with zero attached hydrogens (tertiary/aromatic N) is 2. The van der Waals surface area contributed by atoms with Crippen LogP contribution in [-0.2, 0) is 20.9 Å². The summed E-state index contributed by atoms with van der Waals surface area (Å²) in [5.41, 5.74) is 1.83. The van der Waals surface area contributed by atoms with Crippen LogP contribution in [-0.4, -0.2) is 64.4 Å². The number of benzene rings is 1. The van der Waals surface area contributed by atoms with Gasteiger partial charge in [0.15, 0.2) is 5.06 Å². The minimum absolute atomic E-state index is 0.103. The smallest absolute Gasteiger partial charge is 0.345 e. The lowest BCUT2D eigenvalue weighted by atomic mass is 10.1. The molecule has 40 heavy (non-hydrogen) atoms. The summed E-state index contributed by atoms with van der Waals surface area (Å²) in [6.07, 6.45) is 2.19. The number of halogens is 2. The molecule has 1 aliphatic rings. The van der Waals surface area contributed by atoms with Crippen LogP contribution >= 0.6 is 11.3 Å². The van der Waals surface area contributed by atoms with Crippen LogP contribution in [0.4, 0.5) is 8.78 Å². The molecule has 4 heterocycles. The van der Waals surface area contributed by atoms with Crippen LogP contribution in [0.2, 0.25) is 0 Å². The average Bonchev–Trinajstić information content (AvgIpc) is 3.70. The molecule has 0 radical (unpaired) electrons. The zero-order valence-corrected chi connectivity index (χ0v) is 21.8. The second kappa shape index (κ2) is 12.2. The van der Waals surface area contributed by atoms with E-state index < -0.39 is 43.0 Å². The van der Waals surface area contributed by atoms with Crippen molar-refractivity contribution in [3.63, 3.8) is 0 Å². The molecule has 0 spiro atoms. The molecule has 1 aliphatic heterocycles. The average molecular weight is 570 g/mol. The molecule has 3 aromatic heterocycles. The van der Waals surface area contributed by atoms with Gasteiger partial charge in [0.1, 0.15) is 11.8 Å². The van der Waals surface area contributed by atoms with Crippen molar-refractivity contribution in [1.29, 1.82) is 0 Å². The largest absolute Gasteiger partial charge is 0.447 e. The molecule has 1 aromatic carbocycles. The number of H-pyrrole nitrogens is 1.